The summed E-state index contributed by atoms with van der Waals surface area (Å²) in [5.41, 5.74) is 14.7. The summed E-state index contributed by atoms with van der Waals surface area (Å²) in [6, 6.07) is 33.7. The molecule has 6 heteroatoms. The van der Waals surface area contributed by atoms with Crippen LogP contribution in [0.1, 0.15) is 11.4 Å². The fraction of sp³-hybridized carbons (Fsp3) is 0.121. The van der Waals surface area contributed by atoms with Crippen molar-refractivity contribution >= 4 is 34.8 Å². The van der Waals surface area contributed by atoms with E-state index in [2.05, 4.69) is 144 Å². The van der Waals surface area contributed by atoms with Crippen LogP contribution in [0.5, 0.6) is 0 Å². The molecule has 8 rings (SSSR count). The van der Waals surface area contributed by atoms with Crippen molar-refractivity contribution in [3.05, 3.63) is 115 Å². The minimum Gasteiger partial charge on any atom is -0.376 e. The van der Waals surface area contributed by atoms with Crippen molar-refractivity contribution in [2.24, 2.45) is 0 Å². The van der Waals surface area contributed by atoms with E-state index in [0.717, 1.165) is 23.7 Å². The number of anilines is 3. The molecule has 0 radical (unpaired) electrons. The summed E-state index contributed by atoms with van der Waals surface area (Å²) in [7, 11) is 2.11. The average molecular weight is 505 g/mol. The van der Waals surface area contributed by atoms with Crippen molar-refractivity contribution < 1.29 is 0 Å². The van der Waals surface area contributed by atoms with E-state index >= 15 is 0 Å². The summed E-state index contributed by atoms with van der Waals surface area (Å²) in [6.07, 6.45) is 4.29. The minimum atomic E-state index is 0.0835. The maximum absolute atomic E-state index is 4.81. The topological polar surface area (TPSA) is 27.5 Å². The molecule has 0 saturated heterocycles. The number of aryl methyl sites for hydroxylation is 2. The van der Waals surface area contributed by atoms with Crippen molar-refractivity contribution in [3.8, 4) is 27.9 Å². The fourth-order valence-electron chi connectivity index (χ4n) is 6.61. The van der Waals surface area contributed by atoms with Gasteiger partial charge in [0.25, 0.3) is 0 Å². The van der Waals surface area contributed by atoms with E-state index in [0.29, 0.717) is 0 Å². The lowest BCUT2D eigenvalue weighted by Crippen LogP contribution is -2.59. The third-order valence-electron chi connectivity index (χ3n) is 8.29. The number of benzene rings is 4. The average Bonchev–Trinajstić information content (AvgIpc) is 3.56. The van der Waals surface area contributed by atoms with E-state index in [4.69, 9.17) is 5.10 Å². The highest BCUT2D eigenvalue weighted by Gasteiger charge is 2.42. The lowest BCUT2D eigenvalue weighted by atomic mass is 9.43. The third-order valence-corrected chi connectivity index (χ3v) is 8.29. The standard InChI is InChI=1S/C33H28BN5/c1-22-18-23(2)39(35-22)25-13-15-29-27-9-5-7-11-31(27)34-30-10-6-4-8-26(30)28-14-12-24(37-17-16-36(3)21-37)19-32(28)38(34)33(29)20-25/h4-20H,21H2,1-3H3. The monoisotopic (exact) mass is 505 g/mol. The quantitative estimate of drug-likeness (QED) is 0.293. The normalized spacial score (nSPS) is 14.6. The van der Waals surface area contributed by atoms with Crippen LogP contribution in [0.25, 0.3) is 27.9 Å². The molecule has 5 aromatic rings. The van der Waals surface area contributed by atoms with Crippen molar-refractivity contribution in [3.63, 3.8) is 0 Å². The molecule has 3 aliphatic heterocycles. The number of rotatable bonds is 2. The Labute approximate surface area is 229 Å². The molecule has 0 N–H and O–H groups in total. The molecule has 5 nitrogen and oxygen atoms in total. The SMILES string of the molecule is Cc1cc(C)n(-c2ccc3c(c2)N2B(c4ccccc4-c4ccc(N5C=CN(C)C5)cc42)c2ccccc2-3)n1. The molecular formula is C33H28BN5. The van der Waals surface area contributed by atoms with Crippen molar-refractivity contribution in [1.29, 1.82) is 0 Å². The Kier molecular flexibility index (Phi) is 4.66. The Morgan fingerprint density at radius 2 is 1.28 bits per heavy atom. The van der Waals surface area contributed by atoms with Gasteiger partial charge in [-0.15, -0.1) is 0 Å². The molecule has 1 aromatic heterocycles. The highest BCUT2D eigenvalue weighted by atomic mass is 15.3. The lowest BCUT2D eigenvalue weighted by molar-refractivity contribution is 0.496. The molecule has 3 aliphatic rings. The second-order valence-corrected chi connectivity index (χ2v) is 10.9. The number of hydrogen-bond donors (Lipinski definition) is 0. The van der Waals surface area contributed by atoms with Gasteiger partial charge in [-0.25, -0.2) is 4.68 Å². The molecule has 0 atom stereocenters. The lowest BCUT2D eigenvalue weighted by Gasteiger charge is -2.43. The summed E-state index contributed by atoms with van der Waals surface area (Å²) in [4.78, 5) is 7.07. The van der Waals surface area contributed by atoms with Gasteiger partial charge in [0.2, 0.25) is 0 Å². The van der Waals surface area contributed by atoms with Crippen LogP contribution in [-0.2, 0) is 0 Å². The number of fused-ring (bicyclic) bond motifs is 11. The largest absolute Gasteiger partial charge is 0.376 e. The first-order valence-electron chi connectivity index (χ1n) is 13.5. The first-order chi connectivity index (χ1) is 19.1. The van der Waals surface area contributed by atoms with Gasteiger partial charge in [-0.3, -0.25) is 0 Å². The molecular weight excluding hydrogens is 477 g/mol. The second-order valence-electron chi connectivity index (χ2n) is 10.9. The molecule has 0 bridgehead atoms. The molecule has 0 aliphatic carbocycles. The zero-order valence-electron chi connectivity index (χ0n) is 22.3. The molecule has 0 saturated carbocycles. The molecule has 39 heavy (non-hydrogen) atoms. The fourth-order valence-corrected chi connectivity index (χ4v) is 6.61. The Hall–Kier alpha value is -4.71. The molecule has 0 amide bonds. The van der Waals surface area contributed by atoms with Crippen molar-refractivity contribution in [2.75, 3.05) is 23.4 Å². The van der Waals surface area contributed by atoms with E-state index < -0.39 is 0 Å². The molecule has 0 fully saturated rings. The Balaban J connectivity index is 1.41. The molecule has 188 valence electrons. The summed E-state index contributed by atoms with van der Waals surface area (Å²) < 4.78 is 2.06. The Bertz CT molecular complexity index is 1820. The van der Waals surface area contributed by atoms with Crippen molar-refractivity contribution in [2.45, 2.75) is 13.8 Å². The summed E-state index contributed by atoms with van der Waals surface area (Å²) in [5, 5.41) is 4.81. The first-order valence-corrected chi connectivity index (χ1v) is 13.5. The first kappa shape index (κ1) is 22.3. The van der Waals surface area contributed by atoms with Crippen molar-refractivity contribution in [1.82, 2.24) is 14.7 Å². The van der Waals surface area contributed by atoms with Crippen LogP contribution in [0.2, 0.25) is 0 Å². The van der Waals surface area contributed by atoms with Gasteiger partial charge in [0.15, 0.2) is 0 Å². The molecule has 0 unspecified atom stereocenters. The van der Waals surface area contributed by atoms with Crippen LogP contribution in [0.15, 0.2) is 103 Å². The highest BCUT2D eigenvalue weighted by Crippen LogP contribution is 2.47. The van der Waals surface area contributed by atoms with Gasteiger partial charge in [-0.05, 0) is 66.2 Å². The van der Waals surface area contributed by atoms with Crippen LogP contribution < -0.4 is 20.6 Å². The van der Waals surface area contributed by atoms with Gasteiger partial charge in [0.05, 0.1) is 18.1 Å². The van der Waals surface area contributed by atoms with Gasteiger partial charge in [-0.1, -0.05) is 60.7 Å². The molecule has 4 heterocycles. The van der Waals surface area contributed by atoms with Gasteiger partial charge in [0, 0.05) is 53.3 Å². The Morgan fingerprint density at radius 1 is 0.667 bits per heavy atom. The van der Waals surface area contributed by atoms with E-state index in [9.17, 15) is 0 Å². The summed E-state index contributed by atoms with van der Waals surface area (Å²) in [5.74, 6) is 0. The predicted molar refractivity (Wildman–Crippen MR) is 162 cm³/mol. The summed E-state index contributed by atoms with van der Waals surface area (Å²) in [6.45, 7) is 5.11. The van der Waals surface area contributed by atoms with E-state index in [1.807, 2.05) is 0 Å². The number of hydrogen-bond acceptors (Lipinski definition) is 4. The van der Waals surface area contributed by atoms with E-state index in [-0.39, 0.29) is 6.85 Å². The minimum absolute atomic E-state index is 0.0835. The van der Waals surface area contributed by atoms with Gasteiger partial charge >= 0.3 is 6.85 Å². The zero-order chi connectivity index (χ0) is 26.2. The van der Waals surface area contributed by atoms with Gasteiger partial charge in [0.1, 0.15) is 0 Å². The van der Waals surface area contributed by atoms with E-state index in [1.165, 1.54) is 50.2 Å². The maximum Gasteiger partial charge on any atom is 0.329 e. The van der Waals surface area contributed by atoms with E-state index in [1.54, 1.807) is 0 Å². The van der Waals surface area contributed by atoms with Gasteiger partial charge < -0.3 is 14.6 Å². The second kappa shape index (κ2) is 8.14. The summed E-state index contributed by atoms with van der Waals surface area (Å²) >= 11 is 0. The van der Waals surface area contributed by atoms with Crippen LogP contribution in [0.3, 0.4) is 0 Å². The third kappa shape index (κ3) is 3.24. The molecule has 4 aromatic carbocycles. The predicted octanol–water partition coefficient (Wildman–Crippen LogP) is 5.57. The smallest absolute Gasteiger partial charge is 0.329 e. The zero-order valence-corrected chi connectivity index (χ0v) is 22.3. The van der Waals surface area contributed by atoms with Gasteiger partial charge in [-0.2, -0.15) is 5.10 Å². The number of nitrogens with zero attached hydrogens (tertiary/aromatic N) is 5. The maximum atomic E-state index is 4.81. The van der Waals surface area contributed by atoms with Crippen LogP contribution in [-0.4, -0.2) is 35.2 Å². The Morgan fingerprint density at radius 3 is 1.87 bits per heavy atom. The highest BCUT2D eigenvalue weighted by molar-refractivity contribution is 6.92. The van der Waals surface area contributed by atoms with Crippen LogP contribution in [0.4, 0.5) is 17.1 Å². The van der Waals surface area contributed by atoms with Crippen LogP contribution >= 0.6 is 0 Å². The molecule has 0 spiro atoms. The van der Waals surface area contributed by atoms with Crippen LogP contribution in [0, 0.1) is 13.8 Å². The number of aromatic nitrogens is 2.